The maximum Gasteiger partial charge on any atom is 0.256 e. The molecule has 204 valence electrons. The lowest BCUT2D eigenvalue weighted by molar-refractivity contribution is -0.00584. The zero-order chi connectivity index (χ0) is 26.3. The van der Waals surface area contributed by atoms with E-state index in [1.54, 1.807) is 13.3 Å². The van der Waals surface area contributed by atoms with Crippen molar-refractivity contribution in [1.29, 1.82) is 0 Å². The van der Waals surface area contributed by atoms with Gasteiger partial charge in [-0.1, -0.05) is 17.7 Å². The van der Waals surface area contributed by atoms with E-state index >= 15 is 0 Å². The van der Waals surface area contributed by atoms with Gasteiger partial charge in [-0.3, -0.25) is 4.79 Å². The van der Waals surface area contributed by atoms with Crippen LogP contribution in [-0.4, -0.2) is 67.2 Å². The van der Waals surface area contributed by atoms with Gasteiger partial charge in [0.15, 0.2) is 0 Å². The molecule has 2 aromatic rings. The van der Waals surface area contributed by atoms with Gasteiger partial charge in [0.2, 0.25) is 5.95 Å². The number of rotatable bonds is 8. The first-order valence-electron chi connectivity index (χ1n) is 14.1. The number of hydrogen-bond donors (Lipinski definition) is 2. The van der Waals surface area contributed by atoms with E-state index < -0.39 is 0 Å². The minimum atomic E-state index is -0.112. The molecule has 1 aromatic carbocycles. The second kappa shape index (κ2) is 10.5. The smallest absolute Gasteiger partial charge is 0.256 e. The van der Waals surface area contributed by atoms with E-state index in [0.717, 1.165) is 18.0 Å². The standard InChI is InChI=1S/C29H39ClN6O2/c1-35-9-7-29(8-10-35)13-21(14-29)16-32-27(37)23-17-33-28(36-18-20-3-5-22(36)11-20)34-26(23)31-15-19-4-6-25(38-2)24(30)12-19/h4,6,12,17,20-22H,3,5,7-11,13-16,18H2,1-2H3,(H,32,37)(H,31,33,34). The van der Waals surface area contributed by atoms with Crippen LogP contribution in [0.1, 0.15) is 60.9 Å². The van der Waals surface area contributed by atoms with Gasteiger partial charge in [-0.15, -0.1) is 0 Å². The normalized spacial score (nSPS) is 24.4. The van der Waals surface area contributed by atoms with Crippen molar-refractivity contribution in [1.82, 2.24) is 20.2 Å². The van der Waals surface area contributed by atoms with Gasteiger partial charge in [-0.25, -0.2) is 4.98 Å². The summed E-state index contributed by atoms with van der Waals surface area (Å²) < 4.78 is 5.28. The van der Waals surface area contributed by atoms with Crippen LogP contribution in [0.25, 0.3) is 0 Å². The predicted molar refractivity (Wildman–Crippen MR) is 150 cm³/mol. The summed E-state index contributed by atoms with van der Waals surface area (Å²) in [5, 5.41) is 7.16. The van der Waals surface area contributed by atoms with Crippen molar-refractivity contribution in [2.45, 2.75) is 57.5 Å². The van der Waals surface area contributed by atoms with Crippen LogP contribution in [-0.2, 0) is 6.54 Å². The van der Waals surface area contributed by atoms with E-state index in [0.29, 0.717) is 58.6 Å². The molecular weight excluding hydrogens is 500 g/mol. The summed E-state index contributed by atoms with van der Waals surface area (Å²) in [4.78, 5) is 27.6. The number of benzene rings is 1. The molecule has 3 heterocycles. The Kier molecular flexibility index (Phi) is 7.12. The largest absolute Gasteiger partial charge is 0.495 e. The molecule has 2 saturated carbocycles. The molecular formula is C29H39ClN6O2. The van der Waals surface area contributed by atoms with Crippen LogP contribution in [0.5, 0.6) is 5.75 Å². The average Bonchev–Trinajstić information content (AvgIpc) is 3.54. The van der Waals surface area contributed by atoms with Gasteiger partial charge in [0.25, 0.3) is 5.91 Å². The minimum Gasteiger partial charge on any atom is -0.495 e. The van der Waals surface area contributed by atoms with E-state index in [9.17, 15) is 4.79 Å². The summed E-state index contributed by atoms with van der Waals surface area (Å²) >= 11 is 6.34. The molecule has 4 fully saturated rings. The molecule has 1 spiro atoms. The highest BCUT2D eigenvalue weighted by Gasteiger charge is 2.45. The molecule has 2 saturated heterocycles. The Labute approximate surface area is 230 Å². The van der Waals surface area contributed by atoms with Crippen LogP contribution in [0.3, 0.4) is 0 Å². The highest BCUT2D eigenvalue weighted by molar-refractivity contribution is 6.32. The van der Waals surface area contributed by atoms with Crippen LogP contribution >= 0.6 is 11.6 Å². The number of piperidine rings is 2. The van der Waals surface area contributed by atoms with Crippen molar-refractivity contribution in [3.05, 3.63) is 40.5 Å². The van der Waals surface area contributed by atoms with Crippen LogP contribution in [0.2, 0.25) is 5.02 Å². The number of aromatic nitrogens is 2. The van der Waals surface area contributed by atoms with Crippen LogP contribution in [0.15, 0.2) is 24.4 Å². The number of likely N-dealkylation sites (tertiary alicyclic amines) is 1. The lowest BCUT2D eigenvalue weighted by Crippen LogP contribution is -2.48. The molecule has 38 heavy (non-hydrogen) atoms. The number of halogens is 1. The summed E-state index contributed by atoms with van der Waals surface area (Å²) in [6, 6.07) is 6.21. The third-order valence-corrected chi connectivity index (χ3v) is 9.70. The number of fused-ring (bicyclic) bond motifs is 2. The zero-order valence-electron chi connectivity index (χ0n) is 22.5. The van der Waals surface area contributed by atoms with Crippen molar-refractivity contribution < 1.29 is 9.53 Å². The van der Waals surface area contributed by atoms with Gasteiger partial charge in [0.05, 0.1) is 12.1 Å². The lowest BCUT2D eigenvalue weighted by Gasteiger charge is -2.52. The summed E-state index contributed by atoms with van der Waals surface area (Å²) in [6.07, 6.45) is 10.4. The van der Waals surface area contributed by atoms with Gasteiger partial charge in [0.1, 0.15) is 17.1 Å². The highest BCUT2D eigenvalue weighted by atomic mass is 35.5. The number of amides is 1. The number of carbonyl (C=O) groups excluding carboxylic acids is 1. The average molecular weight is 539 g/mol. The molecule has 2 N–H and O–H groups in total. The molecule has 2 bridgehead atoms. The van der Waals surface area contributed by atoms with E-state index in [2.05, 4.69) is 32.5 Å². The van der Waals surface area contributed by atoms with E-state index in [4.69, 9.17) is 21.3 Å². The summed E-state index contributed by atoms with van der Waals surface area (Å²) in [5.41, 5.74) is 1.99. The monoisotopic (exact) mass is 538 g/mol. The second-order valence-electron chi connectivity index (χ2n) is 12.0. The Balaban J connectivity index is 1.14. The first-order chi connectivity index (χ1) is 18.4. The van der Waals surface area contributed by atoms with Crippen LogP contribution in [0, 0.1) is 17.3 Å². The molecule has 6 rings (SSSR count). The molecule has 2 unspecified atom stereocenters. The number of ether oxygens (including phenoxy) is 1. The van der Waals surface area contributed by atoms with Crippen molar-refractivity contribution in [3.63, 3.8) is 0 Å². The third kappa shape index (κ3) is 5.17. The number of anilines is 2. The number of methoxy groups -OCH3 is 1. The van der Waals surface area contributed by atoms with Gasteiger partial charge < -0.3 is 25.2 Å². The summed E-state index contributed by atoms with van der Waals surface area (Å²) in [5.74, 6) is 3.11. The van der Waals surface area contributed by atoms with Crippen molar-refractivity contribution >= 4 is 29.3 Å². The molecule has 8 nitrogen and oxygen atoms in total. The highest BCUT2D eigenvalue weighted by Crippen LogP contribution is 2.52. The Hall–Kier alpha value is -2.58. The lowest BCUT2D eigenvalue weighted by atomic mass is 9.57. The number of nitrogens with one attached hydrogen (secondary N) is 2. The number of nitrogens with zero attached hydrogens (tertiary/aromatic N) is 4. The van der Waals surface area contributed by atoms with Gasteiger partial charge in [0, 0.05) is 31.9 Å². The van der Waals surface area contributed by atoms with Gasteiger partial charge in [-0.2, -0.15) is 4.98 Å². The summed E-state index contributed by atoms with van der Waals surface area (Å²) in [6.45, 7) is 4.59. The number of carbonyl (C=O) groups is 1. The molecule has 0 radical (unpaired) electrons. The van der Waals surface area contributed by atoms with Crippen LogP contribution < -0.4 is 20.3 Å². The van der Waals surface area contributed by atoms with Gasteiger partial charge in [-0.05, 0) is 100 Å². The Morgan fingerprint density at radius 1 is 1.24 bits per heavy atom. The fraction of sp³-hybridized carbons (Fsp3) is 0.621. The van der Waals surface area contributed by atoms with E-state index in [1.165, 1.54) is 58.0 Å². The molecule has 2 aliphatic heterocycles. The van der Waals surface area contributed by atoms with E-state index in [-0.39, 0.29) is 5.91 Å². The topological polar surface area (TPSA) is 82.6 Å². The Bertz CT molecular complexity index is 1180. The first kappa shape index (κ1) is 25.7. The third-order valence-electron chi connectivity index (χ3n) is 9.41. The van der Waals surface area contributed by atoms with Gasteiger partial charge >= 0.3 is 0 Å². The van der Waals surface area contributed by atoms with Crippen molar-refractivity contribution in [3.8, 4) is 5.75 Å². The molecule has 1 amide bonds. The maximum absolute atomic E-state index is 13.3. The number of hydrogen-bond acceptors (Lipinski definition) is 7. The maximum atomic E-state index is 13.3. The van der Waals surface area contributed by atoms with Crippen molar-refractivity contribution in [2.24, 2.45) is 17.3 Å². The molecule has 9 heteroatoms. The zero-order valence-corrected chi connectivity index (χ0v) is 23.3. The molecule has 1 aromatic heterocycles. The molecule has 2 atom stereocenters. The fourth-order valence-electron chi connectivity index (χ4n) is 7.13. The van der Waals surface area contributed by atoms with Crippen LogP contribution in [0.4, 0.5) is 11.8 Å². The minimum absolute atomic E-state index is 0.112. The summed E-state index contributed by atoms with van der Waals surface area (Å²) in [7, 11) is 3.81. The van der Waals surface area contributed by atoms with E-state index in [1.807, 2.05) is 18.2 Å². The predicted octanol–water partition coefficient (Wildman–Crippen LogP) is 4.59. The SMILES string of the molecule is COc1ccc(CNc2nc(N3CC4CCC3C4)ncc2C(=O)NCC2CC3(CCN(C)CC3)C2)cc1Cl. The second-order valence-corrected chi connectivity index (χ2v) is 12.4. The molecule has 2 aliphatic carbocycles. The quantitative estimate of drug-likeness (QED) is 0.508. The Morgan fingerprint density at radius 2 is 2.05 bits per heavy atom. The fourth-order valence-corrected chi connectivity index (χ4v) is 7.41. The molecule has 4 aliphatic rings. The first-order valence-corrected chi connectivity index (χ1v) is 14.5. The van der Waals surface area contributed by atoms with Crippen molar-refractivity contribution in [2.75, 3.05) is 50.6 Å². The Morgan fingerprint density at radius 3 is 2.74 bits per heavy atom.